The van der Waals surface area contributed by atoms with E-state index in [-0.39, 0.29) is 5.54 Å². The zero-order valence-corrected chi connectivity index (χ0v) is 11.4. The van der Waals surface area contributed by atoms with Crippen molar-refractivity contribution in [1.29, 1.82) is 0 Å². The largest absolute Gasteiger partial charge is 0.381 e. The van der Waals surface area contributed by atoms with Crippen LogP contribution >= 0.6 is 0 Å². The highest BCUT2D eigenvalue weighted by atomic mass is 16.5. The van der Waals surface area contributed by atoms with Gasteiger partial charge in [0.2, 0.25) is 0 Å². The van der Waals surface area contributed by atoms with Gasteiger partial charge in [-0.05, 0) is 31.4 Å². The van der Waals surface area contributed by atoms with Crippen LogP contribution in [0.5, 0.6) is 0 Å². The fourth-order valence-corrected chi connectivity index (χ4v) is 2.62. The molecular formula is C16H20N2O. The molecule has 2 heterocycles. The van der Waals surface area contributed by atoms with Gasteiger partial charge in [-0.15, -0.1) is 0 Å². The van der Waals surface area contributed by atoms with Gasteiger partial charge in [0.25, 0.3) is 0 Å². The van der Waals surface area contributed by atoms with E-state index in [4.69, 9.17) is 4.74 Å². The van der Waals surface area contributed by atoms with Gasteiger partial charge in [0, 0.05) is 36.9 Å². The molecule has 3 heteroatoms. The molecule has 1 N–H and O–H groups in total. The number of ether oxygens (including phenoxy) is 1. The van der Waals surface area contributed by atoms with E-state index in [1.165, 1.54) is 10.9 Å². The number of nitrogens with one attached hydrogen (secondary N) is 1. The van der Waals surface area contributed by atoms with Crippen LogP contribution in [0.2, 0.25) is 0 Å². The molecule has 2 aromatic rings. The molecule has 1 aliphatic rings. The molecule has 0 amide bonds. The quantitative estimate of drug-likeness (QED) is 0.917. The lowest BCUT2D eigenvalue weighted by Gasteiger charge is -2.34. The molecule has 0 saturated carbocycles. The van der Waals surface area contributed by atoms with E-state index < -0.39 is 0 Å². The Morgan fingerprint density at radius 3 is 2.84 bits per heavy atom. The Labute approximate surface area is 114 Å². The number of fused-ring (bicyclic) bond motifs is 1. The van der Waals surface area contributed by atoms with Crippen LogP contribution < -0.4 is 5.32 Å². The van der Waals surface area contributed by atoms with E-state index in [2.05, 4.69) is 41.5 Å². The fraction of sp³-hybridized carbons (Fsp3) is 0.438. The van der Waals surface area contributed by atoms with Crippen molar-refractivity contribution in [1.82, 2.24) is 10.3 Å². The van der Waals surface area contributed by atoms with Crippen LogP contribution in [0, 0.1) is 0 Å². The maximum Gasteiger partial charge on any atom is 0.0746 e. The first kappa shape index (κ1) is 12.6. The maximum absolute atomic E-state index is 5.43. The summed E-state index contributed by atoms with van der Waals surface area (Å²) in [5, 5.41) is 4.89. The van der Waals surface area contributed by atoms with Crippen molar-refractivity contribution in [2.24, 2.45) is 0 Å². The molecular weight excluding hydrogens is 236 g/mol. The molecule has 1 aliphatic heterocycles. The maximum atomic E-state index is 5.43. The molecule has 1 aromatic carbocycles. The van der Waals surface area contributed by atoms with E-state index in [1.54, 1.807) is 0 Å². The minimum Gasteiger partial charge on any atom is -0.381 e. The van der Waals surface area contributed by atoms with Crippen molar-refractivity contribution in [3.63, 3.8) is 0 Å². The van der Waals surface area contributed by atoms with Crippen molar-refractivity contribution in [2.75, 3.05) is 13.2 Å². The van der Waals surface area contributed by atoms with Crippen molar-refractivity contribution in [3.05, 3.63) is 42.1 Å². The minimum atomic E-state index is 0.190. The standard InChI is InChI=1S/C16H20N2O/c1-16(7-10-19-11-8-16)18-12-14-5-2-4-13-6-3-9-17-15(13)14/h2-6,9,18H,7-8,10-12H2,1H3. The van der Waals surface area contributed by atoms with Crippen LogP contribution in [0.1, 0.15) is 25.3 Å². The van der Waals surface area contributed by atoms with Crippen molar-refractivity contribution >= 4 is 10.9 Å². The van der Waals surface area contributed by atoms with Gasteiger partial charge in [0.05, 0.1) is 5.52 Å². The Bertz CT molecular complexity index is 556. The van der Waals surface area contributed by atoms with Crippen LogP contribution in [0.15, 0.2) is 36.5 Å². The van der Waals surface area contributed by atoms with Gasteiger partial charge < -0.3 is 10.1 Å². The summed E-state index contributed by atoms with van der Waals surface area (Å²) in [5.74, 6) is 0. The summed E-state index contributed by atoms with van der Waals surface area (Å²) in [6, 6.07) is 10.5. The summed E-state index contributed by atoms with van der Waals surface area (Å²) in [5.41, 5.74) is 2.56. The zero-order chi connectivity index (χ0) is 13.1. The monoisotopic (exact) mass is 256 g/mol. The Hall–Kier alpha value is -1.45. The number of pyridine rings is 1. The second kappa shape index (κ2) is 5.27. The Kier molecular flexibility index (Phi) is 3.49. The average Bonchev–Trinajstić information content (AvgIpc) is 2.46. The third kappa shape index (κ3) is 2.77. The van der Waals surface area contributed by atoms with E-state index in [9.17, 15) is 0 Å². The summed E-state index contributed by atoms with van der Waals surface area (Å²) in [7, 11) is 0. The normalized spacial score (nSPS) is 18.6. The van der Waals surface area contributed by atoms with Gasteiger partial charge in [0.15, 0.2) is 0 Å². The number of hydrogen-bond donors (Lipinski definition) is 1. The zero-order valence-electron chi connectivity index (χ0n) is 11.4. The molecule has 1 fully saturated rings. The van der Waals surface area contributed by atoms with E-state index >= 15 is 0 Å². The summed E-state index contributed by atoms with van der Waals surface area (Å²) in [6.07, 6.45) is 4.01. The van der Waals surface area contributed by atoms with E-state index in [0.717, 1.165) is 38.1 Å². The number of nitrogens with zero attached hydrogens (tertiary/aromatic N) is 1. The van der Waals surface area contributed by atoms with Gasteiger partial charge in [0.1, 0.15) is 0 Å². The lowest BCUT2D eigenvalue weighted by atomic mass is 9.92. The van der Waals surface area contributed by atoms with Crippen LogP contribution in [0.25, 0.3) is 10.9 Å². The van der Waals surface area contributed by atoms with Gasteiger partial charge in [-0.1, -0.05) is 24.3 Å². The van der Waals surface area contributed by atoms with Gasteiger partial charge in [-0.3, -0.25) is 4.98 Å². The van der Waals surface area contributed by atoms with E-state index in [0.29, 0.717) is 0 Å². The van der Waals surface area contributed by atoms with Crippen molar-refractivity contribution < 1.29 is 4.74 Å². The number of aromatic nitrogens is 1. The fourth-order valence-electron chi connectivity index (χ4n) is 2.62. The third-order valence-electron chi connectivity index (χ3n) is 4.02. The highest BCUT2D eigenvalue weighted by Crippen LogP contribution is 2.22. The smallest absolute Gasteiger partial charge is 0.0746 e. The highest BCUT2D eigenvalue weighted by Gasteiger charge is 2.26. The number of para-hydroxylation sites is 1. The molecule has 1 saturated heterocycles. The highest BCUT2D eigenvalue weighted by molar-refractivity contribution is 5.81. The molecule has 1 aromatic heterocycles. The second-order valence-corrected chi connectivity index (χ2v) is 5.52. The van der Waals surface area contributed by atoms with Gasteiger partial charge in [-0.2, -0.15) is 0 Å². The number of benzene rings is 1. The topological polar surface area (TPSA) is 34.2 Å². The molecule has 0 unspecified atom stereocenters. The lowest BCUT2D eigenvalue weighted by molar-refractivity contribution is 0.0446. The minimum absolute atomic E-state index is 0.190. The van der Waals surface area contributed by atoms with Gasteiger partial charge >= 0.3 is 0 Å². The summed E-state index contributed by atoms with van der Waals surface area (Å²) in [6.45, 7) is 4.87. The van der Waals surface area contributed by atoms with Gasteiger partial charge in [-0.25, -0.2) is 0 Å². The predicted molar refractivity (Wildman–Crippen MR) is 77.0 cm³/mol. The lowest BCUT2D eigenvalue weighted by Crippen LogP contribution is -2.46. The molecule has 19 heavy (non-hydrogen) atoms. The summed E-state index contributed by atoms with van der Waals surface area (Å²) >= 11 is 0. The van der Waals surface area contributed by atoms with Crippen molar-refractivity contribution in [3.8, 4) is 0 Å². The molecule has 0 bridgehead atoms. The molecule has 0 aliphatic carbocycles. The predicted octanol–water partition coefficient (Wildman–Crippen LogP) is 2.89. The van der Waals surface area contributed by atoms with Crippen LogP contribution in [-0.2, 0) is 11.3 Å². The SMILES string of the molecule is CC1(NCc2cccc3cccnc23)CCOCC1. The first-order valence-corrected chi connectivity index (χ1v) is 6.92. The Morgan fingerprint density at radius 2 is 2.00 bits per heavy atom. The molecule has 100 valence electrons. The Morgan fingerprint density at radius 1 is 1.21 bits per heavy atom. The molecule has 0 atom stereocenters. The second-order valence-electron chi connectivity index (χ2n) is 5.52. The first-order valence-electron chi connectivity index (χ1n) is 6.92. The number of rotatable bonds is 3. The summed E-state index contributed by atoms with van der Waals surface area (Å²) < 4.78 is 5.43. The Balaban J connectivity index is 1.78. The molecule has 3 rings (SSSR count). The van der Waals surface area contributed by atoms with Crippen LogP contribution in [0.4, 0.5) is 0 Å². The summed E-state index contributed by atoms with van der Waals surface area (Å²) in [4.78, 5) is 4.50. The van der Waals surface area contributed by atoms with E-state index in [1.807, 2.05) is 12.3 Å². The first-order chi connectivity index (χ1) is 9.27. The van der Waals surface area contributed by atoms with Crippen LogP contribution in [0.3, 0.4) is 0 Å². The molecule has 3 nitrogen and oxygen atoms in total. The molecule has 0 radical (unpaired) electrons. The number of hydrogen-bond acceptors (Lipinski definition) is 3. The van der Waals surface area contributed by atoms with Crippen LogP contribution in [-0.4, -0.2) is 23.7 Å². The van der Waals surface area contributed by atoms with Crippen molar-refractivity contribution in [2.45, 2.75) is 31.8 Å². The average molecular weight is 256 g/mol. The third-order valence-corrected chi connectivity index (χ3v) is 4.02. The molecule has 0 spiro atoms.